The van der Waals surface area contributed by atoms with Crippen molar-refractivity contribution in [3.8, 4) is 0 Å². The Morgan fingerprint density at radius 3 is 1.31 bits per heavy atom. The predicted molar refractivity (Wildman–Crippen MR) is 138 cm³/mol. The van der Waals surface area contributed by atoms with E-state index in [2.05, 4.69) is 86.7 Å². The van der Waals surface area contributed by atoms with E-state index in [1.165, 1.54) is 47.6 Å². The fourth-order valence-electron chi connectivity index (χ4n) is 8.02. The van der Waals surface area contributed by atoms with Crippen molar-refractivity contribution in [3.05, 3.63) is 106 Å². The lowest BCUT2D eigenvalue weighted by Crippen LogP contribution is -2.60. The standard InChI is InChI=1S/C32H32O4/c1-17-23(19-11-7-5-8-12-19)24(20-13-9-6-10-14-20)18(2)26-25(17)27-21-15-16-22(28(26)27)30(32(34)36-4)29(21)31(33)35-3/h5-16,21-24,27-30H,1-4H3/t21-,22+,23-,24+,27-,28+,29+,30-. The third-order valence-electron chi connectivity index (χ3n) is 9.32. The number of rotatable bonds is 4. The number of carbonyl (C=O) groups excluding carboxylic acids is 2. The fraction of sp³-hybridized carbons (Fsp3) is 0.375. The van der Waals surface area contributed by atoms with E-state index in [-0.39, 0.29) is 47.4 Å². The van der Waals surface area contributed by atoms with E-state index in [0.717, 1.165) is 0 Å². The van der Waals surface area contributed by atoms with Crippen LogP contribution in [-0.4, -0.2) is 26.2 Å². The predicted octanol–water partition coefficient (Wildman–Crippen LogP) is 5.84. The summed E-state index contributed by atoms with van der Waals surface area (Å²) in [6.45, 7) is 4.56. The lowest BCUT2D eigenvalue weighted by Gasteiger charge is -2.62. The van der Waals surface area contributed by atoms with Gasteiger partial charge in [0.25, 0.3) is 0 Å². The van der Waals surface area contributed by atoms with Gasteiger partial charge in [0, 0.05) is 11.8 Å². The maximum absolute atomic E-state index is 13.0. The van der Waals surface area contributed by atoms with Gasteiger partial charge >= 0.3 is 11.9 Å². The van der Waals surface area contributed by atoms with Crippen molar-refractivity contribution in [1.29, 1.82) is 0 Å². The molecule has 2 fully saturated rings. The van der Waals surface area contributed by atoms with Gasteiger partial charge in [-0.2, -0.15) is 0 Å². The third kappa shape index (κ3) is 3.06. The molecule has 2 aromatic rings. The molecular formula is C32H32O4. The Morgan fingerprint density at radius 1 is 0.611 bits per heavy atom. The van der Waals surface area contributed by atoms with Gasteiger partial charge in [-0.1, -0.05) is 84.0 Å². The molecule has 0 aromatic heterocycles. The van der Waals surface area contributed by atoms with Gasteiger partial charge in [0.2, 0.25) is 0 Å². The minimum absolute atomic E-state index is 0.0669. The lowest BCUT2D eigenvalue weighted by atomic mass is 9.40. The summed E-state index contributed by atoms with van der Waals surface area (Å²) in [6.07, 6.45) is 4.33. The van der Waals surface area contributed by atoms with E-state index in [0.29, 0.717) is 0 Å². The van der Waals surface area contributed by atoms with Gasteiger partial charge in [0.05, 0.1) is 26.1 Å². The van der Waals surface area contributed by atoms with E-state index in [9.17, 15) is 9.59 Å². The van der Waals surface area contributed by atoms with Gasteiger partial charge < -0.3 is 9.47 Å². The molecule has 0 radical (unpaired) electrons. The highest BCUT2D eigenvalue weighted by Gasteiger charge is 2.65. The molecule has 5 aliphatic carbocycles. The third-order valence-corrected chi connectivity index (χ3v) is 9.32. The second-order valence-electron chi connectivity index (χ2n) is 10.7. The van der Waals surface area contributed by atoms with Gasteiger partial charge in [-0.3, -0.25) is 9.59 Å². The molecule has 8 atom stereocenters. The maximum atomic E-state index is 13.0. The number of carbonyl (C=O) groups is 2. The van der Waals surface area contributed by atoms with Crippen molar-refractivity contribution in [2.45, 2.75) is 25.7 Å². The normalized spacial score (nSPS) is 34.0. The van der Waals surface area contributed by atoms with Crippen LogP contribution in [0.4, 0.5) is 0 Å². The van der Waals surface area contributed by atoms with Gasteiger partial charge in [-0.15, -0.1) is 0 Å². The zero-order chi connectivity index (χ0) is 25.1. The summed E-state index contributed by atoms with van der Waals surface area (Å²) in [4.78, 5) is 26.0. The number of hydrogen-bond donors (Lipinski definition) is 0. The van der Waals surface area contributed by atoms with Gasteiger partial charge in [0.1, 0.15) is 0 Å². The first-order valence-electron chi connectivity index (χ1n) is 12.8. The zero-order valence-corrected chi connectivity index (χ0v) is 21.2. The van der Waals surface area contributed by atoms with Gasteiger partial charge in [0.15, 0.2) is 0 Å². The van der Waals surface area contributed by atoms with Crippen molar-refractivity contribution in [1.82, 2.24) is 0 Å². The Morgan fingerprint density at radius 2 is 0.972 bits per heavy atom. The van der Waals surface area contributed by atoms with Crippen LogP contribution in [0.3, 0.4) is 0 Å². The van der Waals surface area contributed by atoms with Gasteiger partial charge in [-0.05, 0) is 59.8 Å². The van der Waals surface area contributed by atoms with E-state index >= 15 is 0 Å². The molecule has 0 aliphatic heterocycles. The minimum Gasteiger partial charge on any atom is -0.469 e. The highest BCUT2D eigenvalue weighted by Crippen LogP contribution is 2.69. The largest absolute Gasteiger partial charge is 0.469 e. The number of ether oxygens (including phenoxy) is 2. The van der Waals surface area contributed by atoms with Crippen LogP contribution in [0.5, 0.6) is 0 Å². The quantitative estimate of drug-likeness (QED) is 0.407. The van der Waals surface area contributed by atoms with Gasteiger partial charge in [-0.25, -0.2) is 0 Å². The topological polar surface area (TPSA) is 52.6 Å². The molecule has 5 aliphatic rings. The summed E-state index contributed by atoms with van der Waals surface area (Å²) in [7, 11) is 2.83. The highest BCUT2D eigenvalue weighted by atomic mass is 16.5. The van der Waals surface area contributed by atoms with E-state index in [4.69, 9.17) is 9.47 Å². The van der Waals surface area contributed by atoms with Crippen molar-refractivity contribution in [2.24, 2.45) is 35.5 Å². The number of esters is 2. The molecule has 2 bridgehead atoms. The van der Waals surface area contributed by atoms with E-state index in [1.54, 1.807) is 0 Å². The van der Waals surface area contributed by atoms with Crippen LogP contribution in [-0.2, 0) is 19.1 Å². The van der Waals surface area contributed by atoms with Crippen LogP contribution in [0.25, 0.3) is 0 Å². The number of allylic oxidation sites excluding steroid dienone is 6. The SMILES string of the molecule is COC(=O)[C@@H]1[C@H]2C=C[C@@H]([C@@H]1C(=O)OC)[C@@H]1C3=C(C)[C@H](c4ccccc4)[C@H](c4ccccc4)C(C)=C3[C@H]21. The Balaban J connectivity index is 1.53. The number of fused-ring (bicyclic) bond motifs is 2. The number of methoxy groups -OCH3 is 2. The molecule has 4 heteroatoms. The Labute approximate surface area is 212 Å². The van der Waals surface area contributed by atoms with Crippen molar-refractivity contribution in [2.75, 3.05) is 14.2 Å². The van der Waals surface area contributed by atoms with Crippen LogP contribution in [0, 0.1) is 35.5 Å². The summed E-state index contributed by atoms with van der Waals surface area (Å²) in [5.74, 6) is -0.884. The number of hydrogen-bond acceptors (Lipinski definition) is 4. The average Bonchev–Trinajstić information content (AvgIpc) is 2.90. The molecule has 2 saturated carbocycles. The maximum Gasteiger partial charge on any atom is 0.310 e. The second-order valence-corrected chi connectivity index (χ2v) is 10.7. The van der Waals surface area contributed by atoms with Crippen LogP contribution >= 0.6 is 0 Å². The molecule has 0 N–H and O–H groups in total. The first kappa shape index (κ1) is 23.0. The highest BCUT2D eigenvalue weighted by molar-refractivity contribution is 5.85. The first-order valence-corrected chi connectivity index (χ1v) is 12.8. The Kier molecular flexibility index (Phi) is 5.51. The monoisotopic (exact) mass is 480 g/mol. The summed E-state index contributed by atoms with van der Waals surface area (Å²) < 4.78 is 10.4. The van der Waals surface area contributed by atoms with Crippen molar-refractivity contribution in [3.63, 3.8) is 0 Å². The smallest absolute Gasteiger partial charge is 0.310 e. The molecule has 0 unspecified atom stereocenters. The summed E-state index contributed by atoms with van der Waals surface area (Å²) in [6, 6.07) is 21.5. The molecule has 184 valence electrons. The first-order chi connectivity index (χ1) is 17.5. The molecule has 4 nitrogen and oxygen atoms in total. The van der Waals surface area contributed by atoms with Crippen molar-refractivity contribution >= 4 is 11.9 Å². The molecular weight excluding hydrogens is 448 g/mol. The van der Waals surface area contributed by atoms with Crippen LogP contribution in [0.15, 0.2) is 95.1 Å². The van der Waals surface area contributed by atoms with Crippen LogP contribution in [0.1, 0.15) is 36.8 Å². The van der Waals surface area contributed by atoms with E-state index < -0.39 is 11.8 Å². The zero-order valence-electron chi connectivity index (χ0n) is 21.2. The van der Waals surface area contributed by atoms with Crippen molar-refractivity contribution < 1.29 is 19.1 Å². The molecule has 0 amide bonds. The second kappa shape index (κ2) is 8.62. The van der Waals surface area contributed by atoms with Crippen LogP contribution < -0.4 is 0 Å². The fourth-order valence-corrected chi connectivity index (χ4v) is 8.02. The summed E-state index contributed by atoms with van der Waals surface area (Å²) >= 11 is 0. The average molecular weight is 481 g/mol. The molecule has 7 rings (SSSR count). The molecule has 2 aromatic carbocycles. The molecule has 36 heavy (non-hydrogen) atoms. The Bertz CT molecular complexity index is 1200. The molecule has 0 saturated heterocycles. The minimum atomic E-state index is -0.511. The Hall–Kier alpha value is -3.40. The lowest BCUT2D eigenvalue weighted by molar-refractivity contribution is -0.169. The summed E-state index contributed by atoms with van der Waals surface area (Å²) in [5.41, 5.74) is 8.19. The molecule has 0 spiro atoms. The summed E-state index contributed by atoms with van der Waals surface area (Å²) in [5, 5.41) is 0. The number of benzene rings is 2. The molecule has 0 heterocycles. The van der Waals surface area contributed by atoms with Crippen LogP contribution in [0.2, 0.25) is 0 Å². The van der Waals surface area contributed by atoms with E-state index in [1.807, 2.05) is 0 Å².